The minimum atomic E-state index is -0.143. The highest BCUT2D eigenvalue weighted by Crippen LogP contribution is 2.26. The van der Waals surface area contributed by atoms with E-state index in [4.69, 9.17) is 4.42 Å². The predicted molar refractivity (Wildman–Crippen MR) is 132 cm³/mol. The summed E-state index contributed by atoms with van der Waals surface area (Å²) < 4.78 is 5.35. The number of furan rings is 1. The largest absolute Gasteiger partial charge is 0.459 e. The molecule has 2 amide bonds. The zero-order chi connectivity index (χ0) is 23.8. The van der Waals surface area contributed by atoms with E-state index < -0.39 is 0 Å². The summed E-state index contributed by atoms with van der Waals surface area (Å²) >= 11 is 0. The van der Waals surface area contributed by atoms with Gasteiger partial charge < -0.3 is 19.5 Å². The van der Waals surface area contributed by atoms with Crippen molar-refractivity contribution in [1.82, 2.24) is 4.90 Å². The van der Waals surface area contributed by atoms with E-state index in [2.05, 4.69) is 19.2 Å². The number of aryl methyl sites for hydroxylation is 1. The minimum Gasteiger partial charge on any atom is -0.459 e. The molecule has 1 heterocycles. The lowest BCUT2D eigenvalue weighted by Crippen LogP contribution is -2.34. The van der Waals surface area contributed by atoms with E-state index in [1.165, 1.54) is 6.26 Å². The Morgan fingerprint density at radius 2 is 1.76 bits per heavy atom. The lowest BCUT2D eigenvalue weighted by molar-refractivity contribution is -0.116. The number of carbonyl (C=O) groups excluding carboxylic acids is 2. The highest BCUT2D eigenvalue weighted by atomic mass is 16.3. The Balaban J connectivity index is 1.76. The Morgan fingerprint density at radius 1 is 1.00 bits per heavy atom. The third-order valence-electron chi connectivity index (χ3n) is 5.29. The number of hydrogen-bond acceptors (Lipinski definition) is 4. The fourth-order valence-electron chi connectivity index (χ4n) is 3.77. The molecule has 3 aromatic rings. The molecule has 33 heavy (non-hydrogen) atoms. The van der Waals surface area contributed by atoms with Crippen LogP contribution in [0.4, 0.5) is 11.4 Å². The molecule has 0 radical (unpaired) electrons. The molecule has 2 aromatic carbocycles. The molecule has 1 aromatic heterocycles. The summed E-state index contributed by atoms with van der Waals surface area (Å²) in [4.78, 5) is 29.4. The molecular formula is C27H33N3O3. The van der Waals surface area contributed by atoms with Crippen molar-refractivity contribution >= 4 is 23.2 Å². The molecular weight excluding hydrogens is 414 g/mol. The maximum Gasteiger partial charge on any atom is 0.289 e. The lowest BCUT2D eigenvalue weighted by Gasteiger charge is -2.27. The molecule has 0 bridgehead atoms. The number of benzene rings is 2. The predicted octanol–water partition coefficient (Wildman–Crippen LogP) is 5.22. The Morgan fingerprint density at radius 3 is 2.39 bits per heavy atom. The van der Waals surface area contributed by atoms with E-state index in [0.717, 1.165) is 22.5 Å². The molecule has 1 N–H and O–H groups in total. The Kier molecular flexibility index (Phi) is 8.30. The summed E-state index contributed by atoms with van der Waals surface area (Å²) in [5.74, 6) is 0.448. The molecule has 0 aliphatic heterocycles. The molecule has 0 atom stereocenters. The average molecular weight is 448 g/mol. The first-order chi connectivity index (χ1) is 15.8. The van der Waals surface area contributed by atoms with Crippen molar-refractivity contribution in [3.05, 3.63) is 83.8 Å². The fourth-order valence-corrected chi connectivity index (χ4v) is 3.77. The van der Waals surface area contributed by atoms with E-state index in [1.54, 1.807) is 17.0 Å². The number of nitrogens with zero attached hydrogens (tertiary/aromatic N) is 2. The van der Waals surface area contributed by atoms with Crippen LogP contribution in [0.2, 0.25) is 0 Å². The number of amides is 2. The van der Waals surface area contributed by atoms with Crippen LogP contribution in [0.3, 0.4) is 0 Å². The number of nitrogens with one attached hydrogen (secondary N) is 1. The van der Waals surface area contributed by atoms with E-state index in [0.29, 0.717) is 37.6 Å². The van der Waals surface area contributed by atoms with Crippen LogP contribution in [-0.2, 0) is 17.8 Å². The fraction of sp³-hybridized carbons (Fsp3) is 0.333. The van der Waals surface area contributed by atoms with Gasteiger partial charge in [0.25, 0.3) is 5.91 Å². The second-order valence-corrected chi connectivity index (χ2v) is 8.83. The van der Waals surface area contributed by atoms with Crippen molar-refractivity contribution in [2.45, 2.75) is 33.2 Å². The molecule has 0 spiro atoms. The number of anilines is 2. The van der Waals surface area contributed by atoms with Crippen molar-refractivity contribution in [1.29, 1.82) is 0 Å². The van der Waals surface area contributed by atoms with Gasteiger partial charge in [-0.15, -0.1) is 0 Å². The molecule has 0 aliphatic rings. The van der Waals surface area contributed by atoms with Gasteiger partial charge in [-0.25, -0.2) is 0 Å². The van der Waals surface area contributed by atoms with Crippen LogP contribution in [0.5, 0.6) is 0 Å². The average Bonchev–Trinajstić information content (AvgIpc) is 3.32. The Labute approximate surface area is 196 Å². The maximum absolute atomic E-state index is 13.1. The highest BCUT2D eigenvalue weighted by Gasteiger charge is 2.21. The van der Waals surface area contributed by atoms with Crippen LogP contribution in [0.25, 0.3) is 0 Å². The molecule has 0 unspecified atom stereocenters. The molecule has 174 valence electrons. The molecule has 3 rings (SSSR count). The maximum atomic E-state index is 13.1. The lowest BCUT2D eigenvalue weighted by atomic mass is 10.1. The van der Waals surface area contributed by atoms with Gasteiger partial charge in [-0.1, -0.05) is 44.2 Å². The summed E-state index contributed by atoms with van der Waals surface area (Å²) in [7, 11) is 3.94. The van der Waals surface area contributed by atoms with Gasteiger partial charge in [-0.3, -0.25) is 9.59 Å². The SMILES string of the molecule is CC(C)CN(Cc1cc(NC(=O)CCc2ccccc2)ccc1N(C)C)C(=O)c1ccco1. The standard InChI is InChI=1S/C27H33N3O3/c1-20(2)18-30(27(32)25-11-8-16-33-25)19-22-17-23(13-14-24(22)29(3)4)28-26(31)15-12-21-9-6-5-7-10-21/h5-11,13-14,16-17,20H,12,15,18-19H2,1-4H3,(H,28,31). The molecule has 0 saturated carbocycles. The highest BCUT2D eigenvalue weighted by molar-refractivity contribution is 5.92. The number of rotatable bonds is 10. The van der Waals surface area contributed by atoms with Crippen LogP contribution in [0.15, 0.2) is 71.3 Å². The summed E-state index contributed by atoms with van der Waals surface area (Å²) in [6, 6.07) is 19.2. The molecule has 6 heteroatoms. The zero-order valence-corrected chi connectivity index (χ0v) is 19.9. The number of carbonyl (C=O) groups is 2. The third-order valence-corrected chi connectivity index (χ3v) is 5.29. The Hall–Kier alpha value is -3.54. The first-order valence-corrected chi connectivity index (χ1v) is 11.3. The molecule has 6 nitrogen and oxygen atoms in total. The van der Waals surface area contributed by atoms with Gasteiger partial charge >= 0.3 is 0 Å². The van der Waals surface area contributed by atoms with Gasteiger partial charge in [0.1, 0.15) is 0 Å². The van der Waals surface area contributed by atoms with Gasteiger partial charge in [0.05, 0.1) is 6.26 Å². The second kappa shape index (κ2) is 11.4. The summed E-state index contributed by atoms with van der Waals surface area (Å²) in [6.45, 7) is 5.18. The van der Waals surface area contributed by atoms with E-state index in [9.17, 15) is 9.59 Å². The van der Waals surface area contributed by atoms with Crippen molar-refractivity contribution in [2.24, 2.45) is 5.92 Å². The van der Waals surface area contributed by atoms with Crippen molar-refractivity contribution in [2.75, 3.05) is 30.9 Å². The van der Waals surface area contributed by atoms with E-state index in [1.807, 2.05) is 67.5 Å². The second-order valence-electron chi connectivity index (χ2n) is 8.83. The number of hydrogen-bond donors (Lipinski definition) is 1. The van der Waals surface area contributed by atoms with Crippen molar-refractivity contribution in [3.63, 3.8) is 0 Å². The third kappa shape index (κ3) is 6.97. The van der Waals surface area contributed by atoms with Crippen molar-refractivity contribution in [3.8, 4) is 0 Å². The topological polar surface area (TPSA) is 65.8 Å². The summed E-state index contributed by atoms with van der Waals surface area (Å²) in [5.41, 5.74) is 3.82. The van der Waals surface area contributed by atoms with Crippen LogP contribution >= 0.6 is 0 Å². The van der Waals surface area contributed by atoms with Crippen LogP contribution < -0.4 is 10.2 Å². The van der Waals surface area contributed by atoms with E-state index in [-0.39, 0.29) is 11.8 Å². The van der Waals surface area contributed by atoms with Gasteiger partial charge in [0, 0.05) is 45.0 Å². The first kappa shape index (κ1) is 24.1. The first-order valence-electron chi connectivity index (χ1n) is 11.3. The van der Waals surface area contributed by atoms with Gasteiger partial charge in [-0.05, 0) is 53.8 Å². The van der Waals surface area contributed by atoms with Crippen LogP contribution in [0, 0.1) is 5.92 Å². The molecule has 0 fully saturated rings. The van der Waals surface area contributed by atoms with Gasteiger partial charge in [0.2, 0.25) is 5.91 Å². The van der Waals surface area contributed by atoms with Crippen LogP contribution in [0.1, 0.15) is 41.9 Å². The Bertz CT molecular complexity index is 1040. The van der Waals surface area contributed by atoms with Gasteiger partial charge in [-0.2, -0.15) is 0 Å². The monoisotopic (exact) mass is 447 g/mol. The molecule has 0 aliphatic carbocycles. The summed E-state index contributed by atoms with van der Waals surface area (Å²) in [6.07, 6.45) is 2.61. The van der Waals surface area contributed by atoms with Gasteiger partial charge in [0.15, 0.2) is 5.76 Å². The minimum absolute atomic E-state index is 0.0342. The zero-order valence-electron chi connectivity index (χ0n) is 19.9. The molecule has 0 saturated heterocycles. The van der Waals surface area contributed by atoms with Crippen LogP contribution in [-0.4, -0.2) is 37.4 Å². The smallest absolute Gasteiger partial charge is 0.289 e. The normalized spacial score (nSPS) is 10.8. The van der Waals surface area contributed by atoms with Crippen molar-refractivity contribution < 1.29 is 14.0 Å². The quantitative estimate of drug-likeness (QED) is 0.463. The summed E-state index contributed by atoms with van der Waals surface area (Å²) in [5, 5.41) is 3.01. The van der Waals surface area contributed by atoms with E-state index >= 15 is 0 Å².